The summed E-state index contributed by atoms with van der Waals surface area (Å²) in [6.07, 6.45) is 3.83. The molecule has 1 amide bonds. The summed E-state index contributed by atoms with van der Waals surface area (Å²) in [4.78, 5) is 23.9. The number of carbonyl (C=O) groups excluding carboxylic acids is 2. The van der Waals surface area contributed by atoms with Gasteiger partial charge < -0.3 is 19.4 Å². The monoisotopic (exact) mass is 387 g/mol. The molecule has 152 valence electrons. The quantitative estimate of drug-likeness (QED) is 0.420. The maximum Gasteiger partial charge on any atom is 0.349 e. The third-order valence-corrected chi connectivity index (χ3v) is 4.71. The summed E-state index contributed by atoms with van der Waals surface area (Å²) in [6.45, 7) is 9.54. The van der Waals surface area contributed by atoms with E-state index in [4.69, 9.17) is 9.47 Å². The standard InChI is InChI=1S/C21H29N3O4/c1-14(2)11-23-20(25)13-28-21(26)18(10-22)9-17-8-15(3)24(16(17)4)12-19-6-5-7-27-19/h8-9,14,19H,5-7,11-13H2,1-4H3,(H,23,25)/b18-9+/t19-/m0/s1. The molecule has 0 aliphatic carbocycles. The minimum absolute atomic E-state index is 0.131. The van der Waals surface area contributed by atoms with Gasteiger partial charge in [0.25, 0.3) is 5.91 Å². The van der Waals surface area contributed by atoms with Crippen LogP contribution in [0.1, 0.15) is 43.6 Å². The fraction of sp³-hybridized carbons (Fsp3) is 0.571. The molecule has 1 aliphatic heterocycles. The zero-order valence-corrected chi connectivity index (χ0v) is 17.1. The molecule has 1 aromatic rings. The second kappa shape index (κ2) is 10.1. The number of hydrogen-bond acceptors (Lipinski definition) is 5. The lowest BCUT2D eigenvalue weighted by molar-refractivity contribution is -0.144. The van der Waals surface area contributed by atoms with Gasteiger partial charge in [0.2, 0.25) is 0 Å². The molecular weight excluding hydrogens is 358 g/mol. The van der Waals surface area contributed by atoms with Gasteiger partial charge in [-0.25, -0.2) is 4.79 Å². The molecule has 1 aliphatic rings. The predicted octanol–water partition coefficient (Wildman–Crippen LogP) is 2.51. The van der Waals surface area contributed by atoms with E-state index in [0.29, 0.717) is 12.5 Å². The first-order valence-electron chi connectivity index (χ1n) is 9.65. The van der Waals surface area contributed by atoms with Crippen LogP contribution in [0.2, 0.25) is 0 Å². The molecule has 7 nitrogen and oxygen atoms in total. The fourth-order valence-corrected chi connectivity index (χ4v) is 3.12. The number of aromatic nitrogens is 1. The van der Waals surface area contributed by atoms with Crippen LogP contribution in [-0.2, 0) is 25.6 Å². The van der Waals surface area contributed by atoms with E-state index >= 15 is 0 Å². The van der Waals surface area contributed by atoms with E-state index in [0.717, 1.165) is 42.9 Å². The minimum Gasteiger partial charge on any atom is -0.451 e. The van der Waals surface area contributed by atoms with E-state index in [1.807, 2.05) is 39.8 Å². The molecule has 1 fully saturated rings. The van der Waals surface area contributed by atoms with E-state index in [-0.39, 0.29) is 17.6 Å². The Morgan fingerprint density at radius 3 is 2.82 bits per heavy atom. The van der Waals surface area contributed by atoms with Crippen molar-refractivity contribution in [3.63, 3.8) is 0 Å². The number of rotatable bonds is 8. The molecule has 28 heavy (non-hydrogen) atoms. The third kappa shape index (κ3) is 5.96. The van der Waals surface area contributed by atoms with Crippen molar-refractivity contribution < 1.29 is 19.1 Å². The lowest BCUT2D eigenvalue weighted by Crippen LogP contribution is -2.31. The second-order valence-electron chi connectivity index (χ2n) is 7.52. The Morgan fingerprint density at radius 1 is 1.46 bits per heavy atom. The normalized spacial score (nSPS) is 16.9. The van der Waals surface area contributed by atoms with Gasteiger partial charge in [0.05, 0.1) is 6.10 Å². The maximum absolute atomic E-state index is 12.2. The first kappa shape index (κ1) is 21.7. The summed E-state index contributed by atoms with van der Waals surface area (Å²) in [5.41, 5.74) is 2.66. The highest BCUT2D eigenvalue weighted by Crippen LogP contribution is 2.22. The zero-order valence-electron chi connectivity index (χ0n) is 17.1. The van der Waals surface area contributed by atoms with E-state index in [9.17, 15) is 14.9 Å². The first-order valence-corrected chi connectivity index (χ1v) is 9.65. The van der Waals surface area contributed by atoms with Crippen LogP contribution in [0.4, 0.5) is 0 Å². The summed E-state index contributed by atoms with van der Waals surface area (Å²) in [5, 5.41) is 12.0. The highest BCUT2D eigenvalue weighted by Gasteiger charge is 2.20. The molecule has 0 spiro atoms. The molecule has 0 bridgehead atoms. The molecule has 1 aromatic heterocycles. The lowest BCUT2D eigenvalue weighted by atomic mass is 10.1. The fourth-order valence-electron chi connectivity index (χ4n) is 3.12. The highest BCUT2D eigenvalue weighted by molar-refractivity contribution is 5.99. The summed E-state index contributed by atoms with van der Waals surface area (Å²) >= 11 is 0. The Balaban J connectivity index is 2.04. The van der Waals surface area contributed by atoms with Crippen molar-refractivity contribution in [3.05, 3.63) is 28.6 Å². The van der Waals surface area contributed by atoms with Crippen molar-refractivity contribution in [1.82, 2.24) is 9.88 Å². The SMILES string of the molecule is Cc1cc(/C=C(\C#N)C(=O)OCC(=O)NCC(C)C)c(C)n1C[C@@H]1CCCO1. The molecular formula is C21H29N3O4. The number of carbonyl (C=O) groups is 2. The number of nitriles is 1. The van der Waals surface area contributed by atoms with E-state index in [2.05, 4.69) is 9.88 Å². The smallest absolute Gasteiger partial charge is 0.349 e. The van der Waals surface area contributed by atoms with Gasteiger partial charge in [0, 0.05) is 31.1 Å². The molecule has 0 aromatic carbocycles. The van der Waals surface area contributed by atoms with Crippen LogP contribution in [0.25, 0.3) is 6.08 Å². The van der Waals surface area contributed by atoms with Crippen LogP contribution in [0.3, 0.4) is 0 Å². The van der Waals surface area contributed by atoms with Crippen LogP contribution >= 0.6 is 0 Å². The Bertz CT molecular complexity index is 780. The van der Waals surface area contributed by atoms with Crippen LogP contribution in [0, 0.1) is 31.1 Å². The maximum atomic E-state index is 12.2. The van der Waals surface area contributed by atoms with Crippen molar-refractivity contribution in [2.45, 2.75) is 53.2 Å². The van der Waals surface area contributed by atoms with Gasteiger partial charge in [0.15, 0.2) is 6.61 Å². The van der Waals surface area contributed by atoms with Crippen molar-refractivity contribution in [1.29, 1.82) is 5.26 Å². The van der Waals surface area contributed by atoms with Crippen molar-refractivity contribution in [3.8, 4) is 6.07 Å². The predicted molar refractivity (Wildman–Crippen MR) is 105 cm³/mol. The molecule has 1 N–H and O–H groups in total. The largest absolute Gasteiger partial charge is 0.451 e. The van der Waals surface area contributed by atoms with Crippen LogP contribution in [0.15, 0.2) is 11.6 Å². The Labute approximate surface area is 166 Å². The van der Waals surface area contributed by atoms with Gasteiger partial charge in [-0.1, -0.05) is 13.8 Å². The summed E-state index contributed by atoms with van der Waals surface area (Å²) in [7, 11) is 0. The van der Waals surface area contributed by atoms with Gasteiger partial charge in [-0.2, -0.15) is 5.26 Å². The average Bonchev–Trinajstić information content (AvgIpc) is 3.26. The van der Waals surface area contributed by atoms with Crippen LogP contribution in [0.5, 0.6) is 0 Å². The molecule has 2 rings (SSSR count). The number of aryl methyl sites for hydroxylation is 1. The molecule has 7 heteroatoms. The zero-order chi connectivity index (χ0) is 20.7. The molecule has 0 saturated carbocycles. The minimum atomic E-state index is -0.800. The third-order valence-electron chi connectivity index (χ3n) is 4.71. The average molecular weight is 387 g/mol. The molecule has 0 radical (unpaired) electrons. The number of ether oxygens (including phenoxy) is 2. The summed E-state index contributed by atoms with van der Waals surface area (Å²) < 4.78 is 12.8. The van der Waals surface area contributed by atoms with Gasteiger partial charge in [-0.15, -0.1) is 0 Å². The molecule has 2 heterocycles. The number of nitrogens with zero attached hydrogens (tertiary/aromatic N) is 2. The second-order valence-corrected chi connectivity index (χ2v) is 7.52. The van der Waals surface area contributed by atoms with Crippen LogP contribution in [-0.4, -0.2) is 42.3 Å². The number of hydrogen-bond donors (Lipinski definition) is 1. The summed E-state index contributed by atoms with van der Waals surface area (Å²) in [5.74, 6) is -0.876. The van der Waals surface area contributed by atoms with E-state index < -0.39 is 12.6 Å². The van der Waals surface area contributed by atoms with Gasteiger partial charge in [-0.05, 0) is 50.3 Å². The van der Waals surface area contributed by atoms with Crippen LogP contribution < -0.4 is 5.32 Å². The first-order chi connectivity index (χ1) is 13.3. The summed E-state index contributed by atoms with van der Waals surface area (Å²) in [6, 6.07) is 3.81. The number of amides is 1. The topological polar surface area (TPSA) is 93.4 Å². The molecule has 1 saturated heterocycles. The lowest BCUT2D eigenvalue weighted by Gasteiger charge is -2.14. The number of esters is 1. The van der Waals surface area contributed by atoms with Crippen molar-refractivity contribution >= 4 is 18.0 Å². The Morgan fingerprint density at radius 2 is 2.21 bits per heavy atom. The molecule has 1 atom stereocenters. The molecule has 0 unspecified atom stereocenters. The van der Waals surface area contributed by atoms with Gasteiger partial charge >= 0.3 is 5.97 Å². The van der Waals surface area contributed by atoms with E-state index in [1.54, 1.807) is 0 Å². The Kier molecular flexibility index (Phi) is 7.82. The van der Waals surface area contributed by atoms with Crippen molar-refractivity contribution in [2.75, 3.05) is 19.8 Å². The van der Waals surface area contributed by atoms with Gasteiger partial charge in [-0.3, -0.25) is 4.79 Å². The number of nitrogens with one attached hydrogen (secondary N) is 1. The van der Waals surface area contributed by atoms with E-state index in [1.165, 1.54) is 6.08 Å². The highest BCUT2D eigenvalue weighted by atomic mass is 16.5. The van der Waals surface area contributed by atoms with Crippen molar-refractivity contribution in [2.24, 2.45) is 5.92 Å². The Hall–Kier alpha value is -2.59. The van der Waals surface area contributed by atoms with Gasteiger partial charge in [0.1, 0.15) is 11.6 Å².